The van der Waals surface area contributed by atoms with E-state index < -0.39 is 0 Å². The summed E-state index contributed by atoms with van der Waals surface area (Å²) in [6, 6.07) is 4.36. The van der Waals surface area contributed by atoms with Crippen molar-refractivity contribution in [3.63, 3.8) is 0 Å². The van der Waals surface area contributed by atoms with E-state index in [9.17, 15) is 0 Å². The average Bonchev–Trinajstić information content (AvgIpc) is 3.86. The van der Waals surface area contributed by atoms with Gasteiger partial charge >= 0.3 is 0 Å². The van der Waals surface area contributed by atoms with Crippen molar-refractivity contribution in [2.75, 3.05) is 0 Å². The minimum absolute atomic E-state index is 0.458. The summed E-state index contributed by atoms with van der Waals surface area (Å²) < 4.78 is 0. The Morgan fingerprint density at radius 1 is 0.353 bits per heavy atom. The quantitative estimate of drug-likeness (QED) is 0.222. The van der Waals surface area contributed by atoms with Crippen molar-refractivity contribution in [1.29, 1.82) is 0 Å². The summed E-state index contributed by atoms with van der Waals surface area (Å²) in [5.41, 5.74) is 0.458. The summed E-state index contributed by atoms with van der Waals surface area (Å²) in [7, 11) is 0. The fourth-order valence-electron chi connectivity index (χ4n) is 18.3. The fraction of sp³-hybridized carbons (Fsp3) is 0.875. The van der Waals surface area contributed by atoms with E-state index in [1.807, 2.05) is 0 Å². The van der Waals surface area contributed by atoms with Gasteiger partial charge in [-0.15, -0.1) is 0 Å². The predicted molar refractivity (Wildman–Crippen MR) is 208 cm³/mol. The van der Waals surface area contributed by atoms with E-state index in [4.69, 9.17) is 0 Å². The summed E-state index contributed by atoms with van der Waals surface area (Å²) in [4.78, 5) is 0. The highest BCUT2D eigenvalue weighted by atomic mass is 15.1. The lowest BCUT2D eigenvalue weighted by Gasteiger charge is -2.47. The third kappa shape index (κ3) is 4.90. The van der Waals surface area contributed by atoms with Crippen molar-refractivity contribution in [3.8, 4) is 0 Å². The number of nitrogens with one attached hydrogen (secondary N) is 3. The SMILES string of the molecule is CC(C)(C)C1CCC2C3CC(CC4NC(CC5NC(CC6NC(C3)C3C7C=CC(CC7)C63)C3C6C=CC(CC6)C53)C3C5C=CC(CC5)C43)C2CC1. The molecule has 15 rings (SSSR count). The van der Waals surface area contributed by atoms with Crippen LogP contribution < -0.4 is 16.0 Å². The zero-order chi connectivity index (χ0) is 33.7. The first-order chi connectivity index (χ1) is 24.9. The van der Waals surface area contributed by atoms with Crippen molar-refractivity contribution in [1.82, 2.24) is 16.0 Å². The normalized spacial score (nSPS) is 60.2. The Kier molecular flexibility index (Phi) is 7.49. The molecular formula is C48H71N3. The van der Waals surface area contributed by atoms with Gasteiger partial charge in [-0.05, 0) is 202 Å². The maximum absolute atomic E-state index is 4.64. The Labute approximate surface area is 310 Å². The lowest BCUT2D eigenvalue weighted by molar-refractivity contribution is 0.0974. The zero-order valence-corrected chi connectivity index (χ0v) is 32.3. The van der Waals surface area contributed by atoms with Gasteiger partial charge < -0.3 is 16.0 Å². The van der Waals surface area contributed by atoms with Gasteiger partial charge in [0.25, 0.3) is 0 Å². The molecule has 4 saturated heterocycles. The van der Waals surface area contributed by atoms with E-state index >= 15 is 0 Å². The number of allylic oxidation sites excluding steroid dienone is 6. The molecule has 4 aliphatic heterocycles. The molecule has 14 bridgehead atoms. The van der Waals surface area contributed by atoms with Crippen molar-refractivity contribution in [2.24, 2.45) is 106 Å². The first-order valence-electron chi connectivity index (χ1n) is 23.2. The smallest absolute Gasteiger partial charge is 0.0122 e. The molecule has 51 heavy (non-hydrogen) atoms. The Hall–Kier alpha value is -0.900. The molecular weight excluding hydrogens is 619 g/mol. The van der Waals surface area contributed by atoms with Crippen LogP contribution in [0.3, 0.4) is 0 Å². The minimum Gasteiger partial charge on any atom is -0.311 e. The van der Waals surface area contributed by atoms with E-state index in [1.165, 1.54) is 89.9 Å². The maximum atomic E-state index is 4.64. The zero-order valence-electron chi connectivity index (χ0n) is 32.3. The molecule has 4 heterocycles. The summed E-state index contributed by atoms with van der Waals surface area (Å²) >= 11 is 0. The van der Waals surface area contributed by atoms with Gasteiger partial charge in [-0.1, -0.05) is 57.2 Å². The summed E-state index contributed by atoms with van der Waals surface area (Å²) in [5.74, 6) is 15.1. The lowest BCUT2D eigenvalue weighted by Crippen LogP contribution is -2.45. The van der Waals surface area contributed by atoms with Gasteiger partial charge in [0.05, 0.1) is 0 Å². The standard InChI is InChI=1S/C48H71N3/c1-48(2,3)33-16-18-34-31-20-32(35(34)19-17-33)22-37-43-26-6-10-28(11-7-26)45(43)39(50-37)24-41-47-30-14-12-29(13-15-30)46(47)40(51-41)23-38-44-27-8-4-25(5-9-27)42(44)36(21-31)49-38/h4,6,8,10,12,14,25-47,49-51H,5,7,9,11,13,15-24H2,1-3H3. The van der Waals surface area contributed by atoms with Crippen molar-refractivity contribution in [2.45, 2.75) is 153 Å². The topological polar surface area (TPSA) is 36.1 Å². The molecule has 278 valence electrons. The first-order valence-corrected chi connectivity index (χ1v) is 23.2. The second-order valence-corrected chi connectivity index (χ2v) is 22.7. The summed E-state index contributed by atoms with van der Waals surface area (Å²) in [6.45, 7) is 7.67. The van der Waals surface area contributed by atoms with E-state index in [1.54, 1.807) is 6.42 Å². The average molecular weight is 690 g/mol. The van der Waals surface area contributed by atoms with Gasteiger partial charge in [0.1, 0.15) is 0 Å². The van der Waals surface area contributed by atoms with Crippen molar-refractivity contribution >= 4 is 0 Å². The van der Waals surface area contributed by atoms with Gasteiger partial charge in [-0.3, -0.25) is 0 Å². The molecule has 0 radical (unpaired) electrons. The highest BCUT2D eigenvalue weighted by Gasteiger charge is 2.60. The largest absolute Gasteiger partial charge is 0.311 e. The number of fused-ring (bicyclic) bond motifs is 14. The van der Waals surface area contributed by atoms with Crippen LogP contribution in [-0.4, -0.2) is 36.3 Å². The number of rotatable bonds is 0. The Morgan fingerprint density at radius 2 is 0.647 bits per heavy atom. The predicted octanol–water partition coefficient (Wildman–Crippen LogP) is 9.17. The van der Waals surface area contributed by atoms with Gasteiger partial charge in [0.2, 0.25) is 0 Å². The van der Waals surface area contributed by atoms with Crippen LogP contribution in [0.5, 0.6) is 0 Å². The second kappa shape index (κ2) is 11.8. The third-order valence-electron chi connectivity index (χ3n) is 20.1. The van der Waals surface area contributed by atoms with E-state index in [0.29, 0.717) is 17.5 Å². The van der Waals surface area contributed by atoms with E-state index in [0.717, 1.165) is 125 Å². The summed E-state index contributed by atoms with van der Waals surface area (Å²) in [6.07, 6.45) is 38.5. The van der Waals surface area contributed by atoms with Gasteiger partial charge in [0, 0.05) is 36.3 Å². The number of hydrogen-bond donors (Lipinski definition) is 3. The second-order valence-electron chi connectivity index (χ2n) is 22.7. The van der Waals surface area contributed by atoms with Gasteiger partial charge in [-0.2, -0.15) is 0 Å². The molecule has 22 unspecified atom stereocenters. The minimum atomic E-state index is 0.458. The molecule has 0 amide bonds. The van der Waals surface area contributed by atoms with Gasteiger partial charge in [-0.25, -0.2) is 0 Å². The molecule has 0 aromatic rings. The van der Waals surface area contributed by atoms with Crippen LogP contribution in [0.15, 0.2) is 36.5 Å². The van der Waals surface area contributed by atoms with E-state index in [-0.39, 0.29) is 0 Å². The molecule has 3 heteroatoms. The van der Waals surface area contributed by atoms with Crippen LogP contribution in [0, 0.1) is 106 Å². The maximum Gasteiger partial charge on any atom is 0.0122 e. The summed E-state index contributed by atoms with van der Waals surface area (Å²) in [5, 5.41) is 13.9. The van der Waals surface area contributed by atoms with Crippen molar-refractivity contribution in [3.05, 3.63) is 36.5 Å². The van der Waals surface area contributed by atoms with Crippen LogP contribution in [0.25, 0.3) is 0 Å². The molecule has 0 aromatic heterocycles. The van der Waals surface area contributed by atoms with Crippen LogP contribution in [0.2, 0.25) is 0 Å². The molecule has 15 aliphatic rings. The lowest BCUT2D eigenvalue weighted by atomic mass is 9.57. The highest BCUT2D eigenvalue weighted by molar-refractivity contribution is 5.23. The Balaban J connectivity index is 0.932. The van der Waals surface area contributed by atoms with Crippen LogP contribution >= 0.6 is 0 Å². The monoisotopic (exact) mass is 690 g/mol. The molecule has 5 saturated carbocycles. The molecule has 0 spiro atoms. The van der Waals surface area contributed by atoms with Gasteiger partial charge in [0.15, 0.2) is 0 Å². The van der Waals surface area contributed by atoms with E-state index in [2.05, 4.69) is 73.2 Å². The first kappa shape index (κ1) is 32.4. The Bertz CT molecular complexity index is 1360. The molecule has 3 N–H and O–H groups in total. The third-order valence-corrected chi connectivity index (χ3v) is 20.1. The number of hydrogen-bond acceptors (Lipinski definition) is 3. The Morgan fingerprint density at radius 3 is 0.922 bits per heavy atom. The molecule has 22 atom stereocenters. The molecule has 11 aliphatic carbocycles. The molecule has 0 aromatic carbocycles. The fourth-order valence-corrected chi connectivity index (χ4v) is 18.3. The van der Waals surface area contributed by atoms with Crippen molar-refractivity contribution < 1.29 is 0 Å². The van der Waals surface area contributed by atoms with Crippen LogP contribution in [0.1, 0.15) is 117 Å². The van der Waals surface area contributed by atoms with Crippen LogP contribution in [0.4, 0.5) is 0 Å². The molecule has 9 fully saturated rings. The highest BCUT2D eigenvalue weighted by Crippen LogP contribution is 2.61. The molecule has 3 nitrogen and oxygen atoms in total. The van der Waals surface area contributed by atoms with Crippen LogP contribution in [-0.2, 0) is 0 Å².